The van der Waals surface area contributed by atoms with Crippen LogP contribution in [-0.2, 0) is 5.41 Å². The third-order valence-corrected chi connectivity index (χ3v) is 10.2. The highest BCUT2D eigenvalue weighted by molar-refractivity contribution is 6.11. The van der Waals surface area contributed by atoms with E-state index in [9.17, 15) is 0 Å². The Bertz CT molecular complexity index is 2790. The van der Waals surface area contributed by atoms with Crippen molar-refractivity contribution in [1.29, 1.82) is 0 Å². The van der Waals surface area contributed by atoms with Crippen LogP contribution in [0.5, 0.6) is 0 Å². The SMILES string of the molecule is CC1(C)c2ccccc2-c2ccc(-c3nc(-c4cccc5ccccc45)nc(-c4cccc5ccc6nc(-c7ccccc7)oc6c45)n3)cc21. The highest BCUT2D eigenvalue weighted by Crippen LogP contribution is 2.49. The van der Waals surface area contributed by atoms with Gasteiger partial charge in [-0.15, -0.1) is 0 Å². The minimum Gasteiger partial charge on any atom is -0.435 e. The van der Waals surface area contributed by atoms with Gasteiger partial charge in [-0.05, 0) is 62.7 Å². The van der Waals surface area contributed by atoms with Gasteiger partial charge in [0.15, 0.2) is 23.1 Å². The van der Waals surface area contributed by atoms with Crippen molar-refractivity contribution in [3.8, 4) is 56.7 Å². The molecule has 2 aromatic heterocycles. The fourth-order valence-corrected chi connectivity index (χ4v) is 7.66. The standard InChI is InChI=1S/C45H30N4O/c1-45(2)36-21-9-8-18-32(36)33-24-22-30(26-37(33)45)41-47-42(34-19-10-15-27-12-6-7-17-31(27)34)49-43(48-41)35-20-11-16-28-23-25-38-40(39(28)35)50-44(46-38)29-13-4-3-5-14-29/h3-26H,1-2H3. The van der Waals surface area contributed by atoms with Crippen molar-refractivity contribution < 1.29 is 4.42 Å². The fourth-order valence-electron chi connectivity index (χ4n) is 7.66. The van der Waals surface area contributed by atoms with E-state index in [0.717, 1.165) is 49.3 Å². The Morgan fingerprint density at radius 1 is 0.460 bits per heavy atom. The van der Waals surface area contributed by atoms with Crippen molar-refractivity contribution in [2.45, 2.75) is 19.3 Å². The molecule has 2 heterocycles. The maximum Gasteiger partial charge on any atom is 0.227 e. The minimum atomic E-state index is -0.153. The van der Waals surface area contributed by atoms with Gasteiger partial charge in [-0.25, -0.2) is 19.9 Å². The smallest absolute Gasteiger partial charge is 0.227 e. The summed E-state index contributed by atoms with van der Waals surface area (Å²) < 4.78 is 6.54. The van der Waals surface area contributed by atoms with Crippen LogP contribution in [0.25, 0.3) is 89.4 Å². The van der Waals surface area contributed by atoms with Gasteiger partial charge in [0.05, 0.1) is 0 Å². The van der Waals surface area contributed by atoms with Crippen LogP contribution in [0.15, 0.2) is 150 Å². The molecule has 1 aliphatic rings. The van der Waals surface area contributed by atoms with E-state index in [0.29, 0.717) is 28.9 Å². The van der Waals surface area contributed by atoms with Crippen LogP contribution < -0.4 is 0 Å². The molecule has 9 aromatic rings. The van der Waals surface area contributed by atoms with Crippen molar-refractivity contribution in [2.75, 3.05) is 0 Å². The van der Waals surface area contributed by atoms with E-state index >= 15 is 0 Å². The zero-order valence-corrected chi connectivity index (χ0v) is 27.6. The van der Waals surface area contributed by atoms with Crippen LogP contribution in [0.1, 0.15) is 25.0 Å². The number of aromatic nitrogens is 4. The zero-order valence-electron chi connectivity index (χ0n) is 27.6. The number of nitrogens with zero attached hydrogens (tertiary/aromatic N) is 4. The van der Waals surface area contributed by atoms with Gasteiger partial charge in [0.1, 0.15) is 5.52 Å². The average Bonchev–Trinajstić information content (AvgIpc) is 3.71. The molecule has 1 aliphatic carbocycles. The third kappa shape index (κ3) is 4.33. The van der Waals surface area contributed by atoms with Crippen LogP contribution in [0, 0.1) is 0 Å². The average molecular weight is 643 g/mol. The molecule has 7 aromatic carbocycles. The molecule has 0 radical (unpaired) electrons. The molecule has 0 aliphatic heterocycles. The lowest BCUT2D eigenvalue weighted by molar-refractivity contribution is 0.623. The minimum absolute atomic E-state index is 0.153. The Morgan fingerprint density at radius 2 is 1.12 bits per heavy atom. The second kappa shape index (κ2) is 10.8. The molecule has 50 heavy (non-hydrogen) atoms. The molecule has 0 bridgehead atoms. The predicted octanol–water partition coefficient (Wildman–Crippen LogP) is 11.3. The quantitative estimate of drug-likeness (QED) is 0.191. The summed E-state index contributed by atoms with van der Waals surface area (Å²) in [5.41, 5.74) is 10.2. The van der Waals surface area contributed by atoms with E-state index in [-0.39, 0.29) is 5.41 Å². The molecular formula is C45H30N4O. The molecule has 10 rings (SSSR count). The van der Waals surface area contributed by atoms with Gasteiger partial charge in [-0.3, -0.25) is 0 Å². The monoisotopic (exact) mass is 642 g/mol. The highest BCUT2D eigenvalue weighted by atomic mass is 16.3. The number of hydrogen-bond acceptors (Lipinski definition) is 5. The van der Waals surface area contributed by atoms with E-state index in [1.807, 2.05) is 42.5 Å². The summed E-state index contributed by atoms with van der Waals surface area (Å²) in [7, 11) is 0. The largest absolute Gasteiger partial charge is 0.435 e. The second-order valence-electron chi connectivity index (χ2n) is 13.5. The molecule has 0 fully saturated rings. The van der Waals surface area contributed by atoms with Crippen LogP contribution >= 0.6 is 0 Å². The summed E-state index contributed by atoms with van der Waals surface area (Å²) in [6.45, 7) is 4.59. The Balaban J connectivity index is 1.23. The first-order valence-corrected chi connectivity index (χ1v) is 16.9. The molecule has 0 atom stereocenters. The topological polar surface area (TPSA) is 64.7 Å². The number of fused-ring (bicyclic) bond motifs is 7. The summed E-state index contributed by atoms with van der Waals surface area (Å²) in [5.74, 6) is 2.41. The first-order chi connectivity index (χ1) is 24.5. The molecule has 0 spiro atoms. The van der Waals surface area contributed by atoms with E-state index in [1.165, 1.54) is 22.3 Å². The van der Waals surface area contributed by atoms with Crippen LogP contribution in [0.2, 0.25) is 0 Å². The second-order valence-corrected chi connectivity index (χ2v) is 13.5. The molecular weight excluding hydrogens is 613 g/mol. The van der Waals surface area contributed by atoms with Crippen molar-refractivity contribution in [3.63, 3.8) is 0 Å². The van der Waals surface area contributed by atoms with E-state index in [4.69, 9.17) is 24.4 Å². The number of hydrogen-bond donors (Lipinski definition) is 0. The summed E-state index contributed by atoms with van der Waals surface area (Å²) in [6, 6.07) is 50.3. The van der Waals surface area contributed by atoms with Crippen LogP contribution in [-0.4, -0.2) is 19.9 Å². The first-order valence-electron chi connectivity index (χ1n) is 16.9. The zero-order chi connectivity index (χ0) is 33.4. The highest BCUT2D eigenvalue weighted by Gasteiger charge is 2.35. The molecule has 0 unspecified atom stereocenters. The Kier molecular flexibility index (Phi) is 6.15. The third-order valence-electron chi connectivity index (χ3n) is 10.2. The lowest BCUT2D eigenvalue weighted by Crippen LogP contribution is -2.15. The lowest BCUT2D eigenvalue weighted by atomic mass is 9.82. The Labute approximate surface area is 289 Å². The van der Waals surface area contributed by atoms with Crippen molar-refractivity contribution in [2.24, 2.45) is 0 Å². The number of oxazole rings is 1. The van der Waals surface area contributed by atoms with Crippen molar-refractivity contribution in [1.82, 2.24) is 19.9 Å². The summed E-state index contributed by atoms with van der Waals surface area (Å²) in [5, 5.41) is 4.17. The lowest BCUT2D eigenvalue weighted by Gasteiger charge is -2.21. The molecule has 236 valence electrons. The predicted molar refractivity (Wildman–Crippen MR) is 202 cm³/mol. The summed E-state index contributed by atoms with van der Waals surface area (Å²) >= 11 is 0. The summed E-state index contributed by atoms with van der Waals surface area (Å²) in [6.07, 6.45) is 0. The van der Waals surface area contributed by atoms with Gasteiger partial charge in [-0.2, -0.15) is 0 Å². The number of benzene rings is 7. The van der Waals surface area contributed by atoms with E-state index < -0.39 is 0 Å². The molecule has 0 saturated heterocycles. The van der Waals surface area contributed by atoms with Crippen LogP contribution in [0.3, 0.4) is 0 Å². The fraction of sp³-hybridized carbons (Fsp3) is 0.0667. The number of rotatable bonds is 4. The molecule has 5 heteroatoms. The van der Waals surface area contributed by atoms with E-state index in [1.54, 1.807) is 0 Å². The molecule has 0 amide bonds. The van der Waals surface area contributed by atoms with Gasteiger partial charge in [-0.1, -0.05) is 135 Å². The molecule has 5 nitrogen and oxygen atoms in total. The molecule has 0 N–H and O–H groups in total. The Morgan fingerprint density at radius 3 is 2.00 bits per heavy atom. The Hall–Kier alpha value is -6.46. The van der Waals surface area contributed by atoms with Crippen molar-refractivity contribution in [3.05, 3.63) is 157 Å². The van der Waals surface area contributed by atoms with Gasteiger partial charge in [0, 0.05) is 33.1 Å². The van der Waals surface area contributed by atoms with Gasteiger partial charge >= 0.3 is 0 Å². The maximum atomic E-state index is 6.54. The van der Waals surface area contributed by atoms with Gasteiger partial charge < -0.3 is 4.42 Å². The van der Waals surface area contributed by atoms with Gasteiger partial charge in [0.25, 0.3) is 0 Å². The van der Waals surface area contributed by atoms with Gasteiger partial charge in [0.2, 0.25) is 5.89 Å². The van der Waals surface area contributed by atoms with E-state index in [2.05, 4.69) is 117 Å². The summed E-state index contributed by atoms with van der Waals surface area (Å²) in [4.78, 5) is 20.5. The molecule has 0 saturated carbocycles. The van der Waals surface area contributed by atoms with Crippen LogP contribution in [0.4, 0.5) is 0 Å². The first kappa shape index (κ1) is 28.5. The maximum absolute atomic E-state index is 6.54. The van der Waals surface area contributed by atoms with Crippen molar-refractivity contribution >= 4 is 32.6 Å². The normalized spacial score (nSPS) is 13.2.